The van der Waals surface area contributed by atoms with Gasteiger partial charge in [-0.05, 0) is 66.6 Å². The SMILES string of the molecule is CSCc1cc(F)ccc1CN=C(N)Nc1ccc(C)c(C)c1.I. The molecule has 0 aliphatic carbocycles. The van der Waals surface area contributed by atoms with Crippen LogP contribution in [0.25, 0.3) is 0 Å². The fourth-order valence-electron chi connectivity index (χ4n) is 2.22. The number of nitrogens with two attached hydrogens (primary N) is 1. The molecule has 0 bridgehead atoms. The lowest BCUT2D eigenvalue weighted by Crippen LogP contribution is -2.22. The Hall–Kier alpha value is -1.28. The molecule has 2 rings (SSSR count). The standard InChI is InChI=1S/C18H22FN3S.HI/c1-12-4-7-17(8-13(12)2)22-18(20)21-10-14-5-6-16(19)9-15(14)11-23-3;/h4-9H,10-11H2,1-3H3,(H3,20,21,22);1H. The van der Waals surface area contributed by atoms with E-state index >= 15 is 0 Å². The van der Waals surface area contributed by atoms with E-state index in [1.165, 1.54) is 17.2 Å². The van der Waals surface area contributed by atoms with Crippen molar-refractivity contribution in [2.24, 2.45) is 10.7 Å². The van der Waals surface area contributed by atoms with E-state index in [1.54, 1.807) is 23.9 Å². The third-order valence-electron chi connectivity index (χ3n) is 3.67. The molecule has 2 aromatic carbocycles. The molecule has 2 aromatic rings. The van der Waals surface area contributed by atoms with Gasteiger partial charge in [0, 0.05) is 11.4 Å². The fraction of sp³-hybridized carbons (Fsp3) is 0.278. The molecule has 0 radical (unpaired) electrons. The lowest BCUT2D eigenvalue weighted by atomic mass is 10.1. The van der Waals surface area contributed by atoms with Gasteiger partial charge in [-0.3, -0.25) is 0 Å². The number of guanidine groups is 1. The Morgan fingerprint density at radius 3 is 2.54 bits per heavy atom. The third-order valence-corrected chi connectivity index (χ3v) is 4.27. The summed E-state index contributed by atoms with van der Waals surface area (Å²) in [5.41, 5.74) is 11.3. The number of aliphatic imine (C=N–C) groups is 1. The van der Waals surface area contributed by atoms with Gasteiger partial charge in [-0.1, -0.05) is 12.1 Å². The molecule has 0 atom stereocenters. The monoisotopic (exact) mass is 459 g/mol. The van der Waals surface area contributed by atoms with Crippen molar-refractivity contribution in [3.05, 3.63) is 64.5 Å². The smallest absolute Gasteiger partial charge is 0.193 e. The van der Waals surface area contributed by atoms with Crippen molar-refractivity contribution >= 4 is 47.4 Å². The summed E-state index contributed by atoms with van der Waals surface area (Å²) in [5, 5.41) is 3.09. The lowest BCUT2D eigenvalue weighted by molar-refractivity contribution is 0.625. The molecule has 0 spiro atoms. The summed E-state index contributed by atoms with van der Waals surface area (Å²) in [6.07, 6.45) is 1.99. The van der Waals surface area contributed by atoms with E-state index in [1.807, 2.05) is 24.5 Å². The second kappa shape index (κ2) is 9.88. The summed E-state index contributed by atoms with van der Waals surface area (Å²) < 4.78 is 13.3. The van der Waals surface area contributed by atoms with Crippen molar-refractivity contribution in [1.29, 1.82) is 0 Å². The molecule has 0 aliphatic heterocycles. The highest BCUT2D eigenvalue weighted by Gasteiger charge is 2.04. The van der Waals surface area contributed by atoms with Gasteiger partial charge in [0.25, 0.3) is 0 Å². The van der Waals surface area contributed by atoms with E-state index in [0.717, 1.165) is 22.6 Å². The summed E-state index contributed by atoms with van der Waals surface area (Å²) in [4.78, 5) is 4.37. The van der Waals surface area contributed by atoms with Gasteiger partial charge in [-0.2, -0.15) is 11.8 Å². The van der Waals surface area contributed by atoms with E-state index in [-0.39, 0.29) is 29.8 Å². The molecule has 0 fully saturated rings. The van der Waals surface area contributed by atoms with Gasteiger partial charge in [0.1, 0.15) is 5.82 Å². The zero-order valence-corrected chi connectivity index (χ0v) is 17.2. The summed E-state index contributed by atoms with van der Waals surface area (Å²) in [5.74, 6) is 0.892. The van der Waals surface area contributed by atoms with E-state index in [4.69, 9.17) is 5.73 Å². The van der Waals surface area contributed by atoms with Gasteiger partial charge in [0.2, 0.25) is 0 Å². The zero-order chi connectivity index (χ0) is 16.8. The minimum atomic E-state index is -0.219. The molecular formula is C18H23FIN3S. The summed E-state index contributed by atoms with van der Waals surface area (Å²) in [6, 6.07) is 10.8. The first-order valence-corrected chi connectivity index (χ1v) is 8.79. The van der Waals surface area contributed by atoms with Crippen molar-refractivity contribution in [2.75, 3.05) is 11.6 Å². The van der Waals surface area contributed by atoms with E-state index < -0.39 is 0 Å². The summed E-state index contributed by atoms with van der Waals surface area (Å²) >= 11 is 1.66. The zero-order valence-electron chi connectivity index (χ0n) is 14.1. The number of hydrogen-bond donors (Lipinski definition) is 2. The topological polar surface area (TPSA) is 50.4 Å². The quantitative estimate of drug-likeness (QED) is 0.382. The summed E-state index contributed by atoms with van der Waals surface area (Å²) in [6.45, 7) is 4.55. The van der Waals surface area contributed by atoms with Crippen LogP contribution >= 0.6 is 35.7 Å². The molecule has 0 aliphatic rings. The molecule has 6 heteroatoms. The lowest BCUT2D eigenvalue weighted by Gasteiger charge is -2.10. The van der Waals surface area contributed by atoms with Gasteiger partial charge in [-0.15, -0.1) is 24.0 Å². The maximum atomic E-state index is 13.3. The predicted molar refractivity (Wildman–Crippen MR) is 114 cm³/mol. The summed E-state index contributed by atoms with van der Waals surface area (Å²) in [7, 11) is 0. The molecule has 0 saturated heterocycles. The Balaban J connectivity index is 0.00000288. The fourth-order valence-corrected chi connectivity index (χ4v) is 2.80. The van der Waals surface area contributed by atoms with Crippen LogP contribution in [0.2, 0.25) is 0 Å². The van der Waals surface area contributed by atoms with E-state index in [2.05, 4.69) is 24.2 Å². The number of rotatable bonds is 5. The Kier molecular flexibility index (Phi) is 8.55. The van der Waals surface area contributed by atoms with Crippen LogP contribution in [0, 0.1) is 19.7 Å². The van der Waals surface area contributed by atoms with Crippen molar-refractivity contribution in [2.45, 2.75) is 26.1 Å². The molecular weight excluding hydrogens is 436 g/mol. The first-order valence-electron chi connectivity index (χ1n) is 7.40. The van der Waals surface area contributed by atoms with Crippen LogP contribution in [-0.2, 0) is 12.3 Å². The van der Waals surface area contributed by atoms with Gasteiger partial charge >= 0.3 is 0 Å². The van der Waals surface area contributed by atoms with Gasteiger partial charge in [0.15, 0.2) is 5.96 Å². The van der Waals surface area contributed by atoms with Gasteiger partial charge in [-0.25, -0.2) is 9.38 Å². The highest BCUT2D eigenvalue weighted by Crippen LogP contribution is 2.18. The second-order valence-corrected chi connectivity index (χ2v) is 6.34. The molecule has 0 amide bonds. The molecule has 0 saturated carbocycles. The number of benzene rings is 2. The van der Waals surface area contributed by atoms with Gasteiger partial charge < -0.3 is 11.1 Å². The minimum Gasteiger partial charge on any atom is -0.370 e. The molecule has 0 heterocycles. The second-order valence-electron chi connectivity index (χ2n) is 5.47. The van der Waals surface area contributed by atoms with Crippen LogP contribution in [0.3, 0.4) is 0 Å². The van der Waals surface area contributed by atoms with Crippen LogP contribution in [0.15, 0.2) is 41.4 Å². The molecule has 24 heavy (non-hydrogen) atoms. The molecule has 130 valence electrons. The average Bonchev–Trinajstić information content (AvgIpc) is 2.50. The Morgan fingerprint density at radius 1 is 1.12 bits per heavy atom. The van der Waals surface area contributed by atoms with Crippen molar-refractivity contribution in [3.63, 3.8) is 0 Å². The maximum Gasteiger partial charge on any atom is 0.193 e. The van der Waals surface area contributed by atoms with Crippen LogP contribution in [0.5, 0.6) is 0 Å². The number of nitrogens with zero attached hydrogens (tertiary/aromatic N) is 1. The first-order chi connectivity index (χ1) is 11.0. The Morgan fingerprint density at radius 2 is 1.88 bits per heavy atom. The molecule has 0 aromatic heterocycles. The molecule has 3 N–H and O–H groups in total. The number of anilines is 1. The highest BCUT2D eigenvalue weighted by atomic mass is 127. The highest BCUT2D eigenvalue weighted by molar-refractivity contribution is 14.0. The number of thioether (sulfide) groups is 1. The van der Waals surface area contributed by atoms with Crippen molar-refractivity contribution < 1.29 is 4.39 Å². The minimum absolute atomic E-state index is 0. The van der Waals surface area contributed by atoms with E-state index in [9.17, 15) is 4.39 Å². The normalized spacial score (nSPS) is 11.1. The average molecular weight is 459 g/mol. The number of hydrogen-bond acceptors (Lipinski definition) is 2. The Labute approximate surface area is 164 Å². The van der Waals surface area contributed by atoms with Gasteiger partial charge in [0.05, 0.1) is 6.54 Å². The van der Waals surface area contributed by atoms with Crippen LogP contribution < -0.4 is 11.1 Å². The van der Waals surface area contributed by atoms with Crippen LogP contribution in [-0.4, -0.2) is 12.2 Å². The Bertz CT molecular complexity index is 719. The third kappa shape index (κ3) is 5.98. The van der Waals surface area contributed by atoms with Crippen LogP contribution in [0.4, 0.5) is 10.1 Å². The van der Waals surface area contributed by atoms with Crippen molar-refractivity contribution in [1.82, 2.24) is 0 Å². The number of halogens is 2. The number of aryl methyl sites for hydroxylation is 2. The van der Waals surface area contributed by atoms with E-state index in [0.29, 0.717) is 12.5 Å². The largest absolute Gasteiger partial charge is 0.370 e. The van der Waals surface area contributed by atoms with Crippen molar-refractivity contribution in [3.8, 4) is 0 Å². The first kappa shape index (κ1) is 20.8. The predicted octanol–water partition coefficient (Wildman–Crippen LogP) is 4.85. The van der Waals surface area contributed by atoms with Crippen LogP contribution in [0.1, 0.15) is 22.3 Å². The number of nitrogens with one attached hydrogen (secondary N) is 1. The molecule has 0 unspecified atom stereocenters. The molecule has 3 nitrogen and oxygen atoms in total. The maximum absolute atomic E-state index is 13.3.